The Labute approximate surface area is 61.9 Å². The van der Waals surface area contributed by atoms with Crippen molar-refractivity contribution < 1.29 is 15.0 Å². The van der Waals surface area contributed by atoms with Crippen molar-refractivity contribution in [2.45, 2.75) is 0 Å². The summed E-state index contributed by atoms with van der Waals surface area (Å²) in [6, 6.07) is 0. The number of carboxylic acid groups (broad SMARTS) is 1. The second-order valence-electron chi connectivity index (χ2n) is 2.01. The monoisotopic (exact) mass is 157 g/mol. The molecule has 0 fully saturated rings. The molecular formula is C5H7N3O3. The van der Waals surface area contributed by atoms with E-state index in [4.69, 9.17) is 15.9 Å². The molecule has 0 aliphatic rings. The molecule has 6 heteroatoms. The molecule has 0 saturated heterocycles. The summed E-state index contributed by atoms with van der Waals surface area (Å²) in [6.07, 6.45) is 0. The van der Waals surface area contributed by atoms with Gasteiger partial charge >= 0.3 is 5.97 Å². The molecule has 0 spiro atoms. The van der Waals surface area contributed by atoms with Crippen LogP contribution in [-0.2, 0) is 7.05 Å². The van der Waals surface area contributed by atoms with Crippen LogP contribution in [0.5, 0.6) is 5.75 Å². The first-order valence-corrected chi connectivity index (χ1v) is 2.78. The average Bonchev–Trinajstić information content (AvgIpc) is 2.07. The zero-order valence-corrected chi connectivity index (χ0v) is 5.77. The molecule has 1 aromatic rings. The first-order chi connectivity index (χ1) is 5.04. The van der Waals surface area contributed by atoms with Crippen molar-refractivity contribution in [3.05, 3.63) is 5.69 Å². The van der Waals surface area contributed by atoms with E-state index in [0.717, 1.165) is 4.68 Å². The zero-order valence-electron chi connectivity index (χ0n) is 5.77. The number of rotatable bonds is 1. The number of nitrogen functional groups attached to an aromatic ring is 1. The Morgan fingerprint density at radius 2 is 2.27 bits per heavy atom. The van der Waals surface area contributed by atoms with Crippen molar-refractivity contribution in [1.82, 2.24) is 9.78 Å². The van der Waals surface area contributed by atoms with E-state index in [-0.39, 0.29) is 11.5 Å². The van der Waals surface area contributed by atoms with Crippen molar-refractivity contribution in [2.75, 3.05) is 5.73 Å². The predicted octanol–water partition coefficient (Wildman–Crippen LogP) is -0.594. The smallest absolute Gasteiger partial charge is 0.358 e. The fraction of sp³-hybridized carbons (Fsp3) is 0.200. The summed E-state index contributed by atoms with van der Waals surface area (Å²) in [6.45, 7) is 0. The lowest BCUT2D eigenvalue weighted by Crippen LogP contribution is -2.05. The second kappa shape index (κ2) is 2.15. The van der Waals surface area contributed by atoms with Crippen LogP contribution in [0.3, 0.4) is 0 Å². The first kappa shape index (κ1) is 7.39. The molecule has 0 atom stereocenters. The largest absolute Gasteiger partial charge is 0.503 e. The fourth-order valence-electron chi connectivity index (χ4n) is 0.773. The van der Waals surface area contributed by atoms with E-state index >= 15 is 0 Å². The van der Waals surface area contributed by atoms with E-state index in [0.29, 0.717) is 0 Å². The van der Waals surface area contributed by atoms with Crippen LogP contribution in [0, 0.1) is 0 Å². The minimum Gasteiger partial charge on any atom is -0.503 e. The molecule has 0 bridgehead atoms. The highest BCUT2D eigenvalue weighted by atomic mass is 16.4. The normalized spacial score (nSPS) is 9.91. The molecule has 0 radical (unpaired) electrons. The number of carbonyl (C=O) groups is 1. The van der Waals surface area contributed by atoms with E-state index in [2.05, 4.69) is 5.10 Å². The van der Waals surface area contributed by atoms with Gasteiger partial charge in [-0.1, -0.05) is 0 Å². The molecule has 0 amide bonds. The Morgan fingerprint density at radius 3 is 2.45 bits per heavy atom. The molecule has 0 saturated carbocycles. The molecule has 0 aromatic carbocycles. The lowest BCUT2D eigenvalue weighted by atomic mass is 10.4. The van der Waals surface area contributed by atoms with E-state index in [1.807, 2.05) is 0 Å². The molecule has 6 nitrogen and oxygen atoms in total. The van der Waals surface area contributed by atoms with Gasteiger partial charge in [0, 0.05) is 7.05 Å². The summed E-state index contributed by atoms with van der Waals surface area (Å²) in [7, 11) is 1.39. The van der Waals surface area contributed by atoms with Crippen LogP contribution in [0.25, 0.3) is 0 Å². The van der Waals surface area contributed by atoms with Crippen LogP contribution >= 0.6 is 0 Å². The highest BCUT2D eigenvalue weighted by Crippen LogP contribution is 2.22. The predicted molar refractivity (Wildman–Crippen MR) is 36.2 cm³/mol. The number of nitrogens with two attached hydrogens (primary N) is 1. The van der Waals surface area contributed by atoms with Crippen LogP contribution in [0.2, 0.25) is 0 Å². The van der Waals surface area contributed by atoms with Crippen LogP contribution in [-0.4, -0.2) is 26.0 Å². The molecule has 0 aliphatic heterocycles. The van der Waals surface area contributed by atoms with Crippen molar-refractivity contribution in [3.63, 3.8) is 0 Å². The highest BCUT2D eigenvalue weighted by Gasteiger charge is 2.18. The minimum atomic E-state index is -1.26. The van der Waals surface area contributed by atoms with Crippen LogP contribution < -0.4 is 5.73 Å². The van der Waals surface area contributed by atoms with Gasteiger partial charge in [-0.25, -0.2) is 4.79 Å². The van der Waals surface area contributed by atoms with Gasteiger partial charge in [0.2, 0.25) is 0 Å². The third kappa shape index (κ3) is 0.977. The summed E-state index contributed by atoms with van der Waals surface area (Å²) >= 11 is 0. The zero-order chi connectivity index (χ0) is 8.59. The van der Waals surface area contributed by atoms with Crippen LogP contribution in [0.15, 0.2) is 0 Å². The lowest BCUT2D eigenvalue weighted by molar-refractivity contribution is 0.0681. The number of nitrogens with zero attached hydrogens (tertiary/aromatic N) is 2. The third-order valence-electron chi connectivity index (χ3n) is 1.25. The standard InChI is InChI=1S/C5H7N3O3/c1-8-2(5(10)11)3(9)4(6)7-8/h9H,1H3,(H2,6,7)(H,10,11). The molecule has 1 aromatic heterocycles. The third-order valence-corrected chi connectivity index (χ3v) is 1.25. The topological polar surface area (TPSA) is 101 Å². The molecule has 4 N–H and O–H groups in total. The molecule has 1 heterocycles. The lowest BCUT2D eigenvalue weighted by Gasteiger charge is -1.92. The van der Waals surface area contributed by atoms with Gasteiger partial charge in [-0.2, -0.15) is 5.10 Å². The van der Waals surface area contributed by atoms with E-state index < -0.39 is 11.7 Å². The molecule has 11 heavy (non-hydrogen) atoms. The van der Waals surface area contributed by atoms with Gasteiger partial charge in [0.05, 0.1) is 0 Å². The number of aromatic hydroxyl groups is 1. The van der Waals surface area contributed by atoms with Crippen molar-refractivity contribution >= 4 is 11.8 Å². The maximum absolute atomic E-state index is 10.4. The highest BCUT2D eigenvalue weighted by molar-refractivity contribution is 5.90. The summed E-state index contributed by atoms with van der Waals surface area (Å²) in [5, 5.41) is 21.0. The van der Waals surface area contributed by atoms with Crippen LogP contribution in [0.4, 0.5) is 5.82 Å². The van der Waals surface area contributed by atoms with Gasteiger partial charge in [-0.15, -0.1) is 0 Å². The fourth-order valence-corrected chi connectivity index (χ4v) is 0.773. The molecule has 0 aliphatic carbocycles. The Hall–Kier alpha value is -1.72. The molecule has 0 unspecified atom stereocenters. The Kier molecular flexibility index (Phi) is 1.45. The number of aromatic nitrogens is 2. The van der Waals surface area contributed by atoms with Crippen LogP contribution in [0.1, 0.15) is 10.5 Å². The Bertz CT molecular complexity index is 304. The van der Waals surface area contributed by atoms with E-state index in [9.17, 15) is 4.79 Å². The Morgan fingerprint density at radius 1 is 1.73 bits per heavy atom. The van der Waals surface area contributed by atoms with Gasteiger partial charge in [0.15, 0.2) is 17.3 Å². The van der Waals surface area contributed by atoms with E-state index in [1.165, 1.54) is 7.05 Å². The average molecular weight is 157 g/mol. The van der Waals surface area contributed by atoms with Gasteiger partial charge in [-0.05, 0) is 0 Å². The number of anilines is 1. The summed E-state index contributed by atoms with van der Waals surface area (Å²) < 4.78 is 1.01. The number of aryl methyl sites for hydroxylation is 1. The van der Waals surface area contributed by atoms with Gasteiger partial charge < -0.3 is 15.9 Å². The molecular weight excluding hydrogens is 150 g/mol. The Balaban J connectivity index is 3.34. The first-order valence-electron chi connectivity index (χ1n) is 2.78. The summed E-state index contributed by atoms with van der Waals surface area (Å²) in [5.41, 5.74) is 4.83. The maximum atomic E-state index is 10.4. The quantitative estimate of drug-likeness (QED) is 0.505. The molecule has 1 rings (SSSR count). The summed E-state index contributed by atoms with van der Waals surface area (Å²) in [4.78, 5) is 10.4. The van der Waals surface area contributed by atoms with E-state index in [1.54, 1.807) is 0 Å². The molecule has 60 valence electrons. The second-order valence-corrected chi connectivity index (χ2v) is 2.01. The SMILES string of the molecule is Cn1nc(N)c(O)c1C(=O)O. The maximum Gasteiger partial charge on any atom is 0.358 e. The van der Waals surface area contributed by atoms with Crippen molar-refractivity contribution in [1.29, 1.82) is 0 Å². The number of aromatic carboxylic acids is 1. The van der Waals surface area contributed by atoms with Gasteiger partial charge in [0.25, 0.3) is 0 Å². The number of carboxylic acids is 1. The minimum absolute atomic E-state index is 0.176. The van der Waals surface area contributed by atoms with Gasteiger partial charge in [0.1, 0.15) is 0 Å². The number of hydrogen-bond donors (Lipinski definition) is 3. The van der Waals surface area contributed by atoms with Crippen molar-refractivity contribution in [2.24, 2.45) is 7.05 Å². The number of hydrogen-bond acceptors (Lipinski definition) is 4. The van der Waals surface area contributed by atoms with Gasteiger partial charge in [-0.3, -0.25) is 4.68 Å². The summed E-state index contributed by atoms with van der Waals surface area (Å²) in [5.74, 6) is -1.92. The van der Waals surface area contributed by atoms with Crippen molar-refractivity contribution in [3.8, 4) is 5.75 Å².